The number of aromatic amines is 1. The SMILES string of the molecule is Brc1[nH]nc2nccc(C(c3ccccc3)(c3ccccc3)c3ccccc3)c12. The normalized spacial score (nSPS) is 11.6. The fourth-order valence-electron chi connectivity index (χ4n) is 4.25. The lowest BCUT2D eigenvalue weighted by molar-refractivity contribution is 0.751. The lowest BCUT2D eigenvalue weighted by atomic mass is 9.64. The van der Waals surface area contributed by atoms with Gasteiger partial charge in [-0.2, -0.15) is 5.10 Å². The van der Waals surface area contributed by atoms with E-state index in [1.165, 1.54) is 16.7 Å². The molecule has 0 aliphatic heterocycles. The van der Waals surface area contributed by atoms with Crippen LogP contribution in [0.2, 0.25) is 0 Å². The zero-order valence-corrected chi connectivity index (χ0v) is 17.2. The van der Waals surface area contributed by atoms with Crippen LogP contribution in [0.25, 0.3) is 11.0 Å². The second-order valence-corrected chi connectivity index (χ2v) is 7.74. The van der Waals surface area contributed by atoms with Crippen molar-refractivity contribution in [1.29, 1.82) is 0 Å². The molecule has 0 bridgehead atoms. The van der Waals surface area contributed by atoms with Gasteiger partial charge in [0.25, 0.3) is 0 Å². The minimum Gasteiger partial charge on any atom is -0.269 e. The number of aromatic nitrogens is 3. The van der Waals surface area contributed by atoms with Gasteiger partial charge in [0.1, 0.15) is 4.60 Å². The van der Waals surface area contributed by atoms with Crippen molar-refractivity contribution in [2.75, 3.05) is 0 Å². The summed E-state index contributed by atoms with van der Waals surface area (Å²) >= 11 is 3.67. The highest BCUT2D eigenvalue weighted by molar-refractivity contribution is 9.10. The van der Waals surface area contributed by atoms with Gasteiger partial charge in [-0.25, -0.2) is 4.98 Å². The zero-order valence-electron chi connectivity index (χ0n) is 15.6. The third-order valence-corrected chi connectivity index (χ3v) is 6.01. The van der Waals surface area contributed by atoms with Crippen molar-refractivity contribution in [3.05, 3.63) is 130 Å². The highest BCUT2D eigenvalue weighted by Crippen LogP contribution is 2.47. The fourth-order valence-corrected chi connectivity index (χ4v) is 4.73. The summed E-state index contributed by atoms with van der Waals surface area (Å²) in [5, 5.41) is 8.43. The zero-order chi connectivity index (χ0) is 19.7. The maximum absolute atomic E-state index is 4.48. The van der Waals surface area contributed by atoms with Crippen LogP contribution in [0.4, 0.5) is 0 Å². The molecule has 5 rings (SSSR count). The Hall–Kier alpha value is -3.24. The molecule has 3 nitrogen and oxygen atoms in total. The van der Waals surface area contributed by atoms with Crippen LogP contribution in [0.5, 0.6) is 0 Å². The van der Waals surface area contributed by atoms with Crippen LogP contribution in [0.1, 0.15) is 22.3 Å². The van der Waals surface area contributed by atoms with Crippen LogP contribution in [-0.2, 0) is 5.41 Å². The molecule has 0 atom stereocenters. The Morgan fingerprint density at radius 3 is 1.62 bits per heavy atom. The van der Waals surface area contributed by atoms with Gasteiger partial charge in [-0.3, -0.25) is 5.10 Å². The number of rotatable bonds is 4. The molecular formula is C25H18BrN3. The number of H-pyrrole nitrogens is 1. The van der Waals surface area contributed by atoms with Crippen LogP contribution in [-0.4, -0.2) is 15.2 Å². The molecule has 1 N–H and O–H groups in total. The van der Waals surface area contributed by atoms with Crippen molar-refractivity contribution in [3.63, 3.8) is 0 Å². The van der Waals surface area contributed by atoms with Gasteiger partial charge < -0.3 is 0 Å². The number of hydrogen-bond donors (Lipinski definition) is 1. The first-order chi connectivity index (χ1) is 14.3. The van der Waals surface area contributed by atoms with E-state index < -0.39 is 5.41 Å². The number of halogens is 1. The summed E-state index contributed by atoms with van der Waals surface area (Å²) in [5.41, 5.74) is 4.89. The molecule has 0 amide bonds. The topological polar surface area (TPSA) is 41.6 Å². The van der Waals surface area contributed by atoms with Crippen molar-refractivity contribution in [1.82, 2.24) is 15.2 Å². The van der Waals surface area contributed by atoms with Gasteiger partial charge in [0.15, 0.2) is 5.65 Å². The predicted octanol–water partition coefficient (Wildman–Crippen LogP) is 6.10. The van der Waals surface area contributed by atoms with E-state index in [1.54, 1.807) is 0 Å². The Balaban J connectivity index is 2.00. The van der Waals surface area contributed by atoms with Crippen molar-refractivity contribution < 1.29 is 0 Å². The molecule has 0 fully saturated rings. The summed E-state index contributed by atoms with van der Waals surface area (Å²) in [4.78, 5) is 4.48. The van der Waals surface area contributed by atoms with E-state index in [2.05, 4.69) is 128 Å². The molecule has 140 valence electrons. The summed E-state index contributed by atoms with van der Waals surface area (Å²) in [6.07, 6.45) is 1.84. The molecule has 2 aromatic heterocycles. The molecule has 4 heteroatoms. The minimum absolute atomic E-state index is 0.517. The number of pyridine rings is 1. The van der Waals surface area contributed by atoms with Gasteiger partial charge in [-0.15, -0.1) is 0 Å². The third-order valence-electron chi connectivity index (χ3n) is 5.43. The van der Waals surface area contributed by atoms with E-state index in [4.69, 9.17) is 0 Å². The molecule has 0 saturated heterocycles. The van der Waals surface area contributed by atoms with Crippen LogP contribution in [0.3, 0.4) is 0 Å². The molecule has 29 heavy (non-hydrogen) atoms. The maximum atomic E-state index is 4.48. The van der Waals surface area contributed by atoms with E-state index in [-0.39, 0.29) is 0 Å². The summed E-state index contributed by atoms with van der Waals surface area (Å²) in [7, 11) is 0. The Morgan fingerprint density at radius 1 is 0.655 bits per heavy atom. The standard InChI is InChI=1S/C25H18BrN3/c26-23-22-21(16-17-27-24(22)29-28-23)25(18-10-4-1-5-11-18,19-12-6-2-7-13-19)20-14-8-3-9-15-20/h1-17H,(H,27,28,29). The second-order valence-electron chi connectivity index (χ2n) is 6.94. The molecule has 0 spiro atoms. The molecule has 0 aliphatic carbocycles. The first-order valence-corrected chi connectivity index (χ1v) is 10.3. The van der Waals surface area contributed by atoms with E-state index in [0.717, 1.165) is 15.6 Å². The van der Waals surface area contributed by atoms with E-state index in [9.17, 15) is 0 Å². The number of fused-ring (bicyclic) bond motifs is 1. The van der Waals surface area contributed by atoms with E-state index in [1.807, 2.05) is 6.20 Å². The molecule has 2 heterocycles. The van der Waals surface area contributed by atoms with Gasteiger partial charge in [-0.05, 0) is 44.3 Å². The van der Waals surface area contributed by atoms with Crippen molar-refractivity contribution in [3.8, 4) is 0 Å². The smallest absolute Gasteiger partial charge is 0.182 e. The van der Waals surface area contributed by atoms with Gasteiger partial charge in [0.2, 0.25) is 0 Å². The van der Waals surface area contributed by atoms with Crippen molar-refractivity contribution in [2.24, 2.45) is 0 Å². The summed E-state index contributed by atoms with van der Waals surface area (Å²) in [6.45, 7) is 0. The molecular weight excluding hydrogens is 422 g/mol. The molecule has 0 unspecified atom stereocenters. The number of benzene rings is 3. The van der Waals surface area contributed by atoms with E-state index in [0.29, 0.717) is 5.65 Å². The second kappa shape index (κ2) is 7.30. The highest BCUT2D eigenvalue weighted by atomic mass is 79.9. The minimum atomic E-state index is -0.517. The van der Waals surface area contributed by atoms with Crippen LogP contribution >= 0.6 is 15.9 Å². The van der Waals surface area contributed by atoms with Crippen molar-refractivity contribution >= 4 is 27.0 Å². The van der Waals surface area contributed by atoms with Gasteiger partial charge in [-0.1, -0.05) is 91.0 Å². The molecule has 5 aromatic rings. The van der Waals surface area contributed by atoms with Gasteiger partial charge in [0.05, 0.1) is 10.8 Å². The van der Waals surface area contributed by atoms with Crippen molar-refractivity contribution in [2.45, 2.75) is 5.41 Å². The quantitative estimate of drug-likeness (QED) is 0.343. The van der Waals surface area contributed by atoms with Gasteiger partial charge in [0, 0.05) is 6.20 Å². The summed E-state index contributed by atoms with van der Waals surface area (Å²) in [5.74, 6) is 0. The largest absolute Gasteiger partial charge is 0.269 e. The number of nitrogens with one attached hydrogen (secondary N) is 1. The third kappa shape index (κ3) is 2.79. The molecule has 0 aliphatic rings. The first-order valence-electron chi connectivity index (χ1n) is 9.47. The number of hydrogen-bond acceptors (Lipinski definition) is 2. The van der Waals surface area contributed by atoms with Gasteiger partial charge >= 0.3 is 0 Å². The van der Waals surface area contributed by atoms with E-state index >= 15 is 0 Å². The van der Waals surface area contributed by atoms with Crippen LogP contribution < -0.4 is 0 Å². The van der Waals surface area contributed by atoms with Crippen LogP contribution in [0, 0.1) is 0 Å². The lowest BCUT2D eigenvalue weighted by Gasteiger charge is -2.37. The monoisotopic (exact) mass is 439 g/mol. The summed E-state index contributed by atoms with van der Waals surface area (Å²) in [6, 6.07) is 34.0. The Labute approximate surface area is 177 Å². The predicted molar refractivity (Wildman–Crippen MR) is 120 cm³/mol. The molecule has 3 aromatic carbocycles. The average molecular weight is 440 g/mol. The Kier molecular flexibility index (Phi) is 4.49. The fraction of sp³-hybridized carbons (Fsp3) is 0.0400. The first kappa shape index (κ1) is 17.8. The maximum Gasteiger partial charge on any atom is 0.182 e. The average Bonchev–Trinajstić information content (AvgIpc) is 3.18. The number of nitrogens with zero attached hydrogens (tertiary/aromatic N) is 2. The lowest BCUT2D eigenvalue weighted by Crippen LogP contribution is -2.31. The highest BCUT2D eigenvalue weighted by Gasteiger charge is 2.40. The molecule has 0 saturated carbocycles. The van der Waals surface area contributed by atoms with Crippen LogP contribution in [0.15, 0.2) is 108 Å². The summed E-state index contributed by atoms with van der Waals surface area (Å²) < 4.78 is 0.836. The Morgan fingerprint density at radius 2 is 1.14 bits per heavy atom. The molecule has 0 radical (unpaired) electrons. The Bertz CT molecular complexity index is 1150.